The Bertz CT molecular complexity index is 1440. The van der Waals surface area contributed by atoms with E-state index in [1.165, 1.54) is 15.1 Å². The molecule has 2 aromatic carbocycles. The number of benzene rings is 2. The highest BCUT2D eigenvalue weighted by molar-refractivity contribution is 7.89. The zero-order valence-electron chi connectivity index (χ0n) is 20.1. The van der Waals surface area contributed by atoms with E-state index in [4.69, 9.17) is 9.47 Å². The molecule has 3 heterocycles. The summed E-state index contributed by atoms with van der Waals surface area (Å²) in [5, 5.41) is 3.40. The molecule has 1 N–H and O–H groups in total. The molecule has 0 unspecified atom stereocenters. The van der Waals surface area contributed by atoms with Gasteiger partial charge in [0.2, 0.25) is 15.9 Å². The van der Waals surface area contributed by atoms with Gasteiger partial charge in [-0.2, -0.15) is 4.31 Å². The van der Waals surface area contributed by atoms with E-state index in [9.17, 15) is 18.0 Å². The van der Waals surface area contributed by atoms with Gasteiger partial charge >= 0.3 is 0 Å². The number of amides is 1. The average molecular weight is 512 g/mol. The summed E-state index contributed by atoms with van der Waals surface area (Å²) in [6.07, 6.45) is 2.50. The van der Waals surface area contributed by atoms with E-state index >= 15 is 0 Å². The van der Waals surface area contributed by atoms with Crippen LogP contribution >= 0.6 is 0 Å². The number of nitrogens with zero attached hydrogens (tertiary/aromatic N) is 2. The Labute approximate surface area is 209 Å². The molecule has 2 aliphatic rings. The molecule has 1 aromatic heterocycles. The molecule has 0 spiro atoms. The number of piperidine rings is 1. The standard InChI is InChI=1S/C26H29N3O6S/c1-18-10-12-29(13-11-18)36(32,33)24-15-28(26(31)21-7-3-2-6-20(21)24)16-25(30)27-14-19-17-34-22-8-4-5-9-23(22)35-19/h2-9,15,18-19H,10-14,16-17H2,1H3,(H,27,30)/t19-/m1/s1. The van der Waals surface area contributed by atoms with Crippen molar-refractivity contribution in [3.05, 3.63) is 65.1 Å². The fourth-order valence-corrected chi connectivity index (χ4v) is 6.28. The topological polar surface area (TPSA) is 107 Å². The minimum absolute atomic E-state index is 0.0423. The largest absolute Gasteiger partial charge is 0.486 e. The maximum atomic E-state index is 13.6. The first-order valence-electron chi connectivity index (χ1n) is 12.1. The minimum atomic E-state index is -3.84. The molecule has 1 fully saturated rings. The fraction of sp³-hybridized carbons (Fsp3) is 0.385. The van der Waals surface area contributed by atoms with Crippen LogP contribution in [0.4, 0.5) is 0 Å². The van der Waals surface area contributed by atoms with Crippen LogP contribution in [0.15, 0.2) is 64.4 Å². The zero-order chi connectivity index (χ0) is 25.3. The van der Waals surface area contributed by atoms with E-state index in [1.54, 1.807) is 30.3 Å². The van der Waals surface area contributed by atoms with E-state index in [1.807, 2.05) is 18.2 Å². The maximum absolute atomic E-state index is 13.6. The number of fused-ring (bicyclic) bond motifs is 2. The van der Waals surface area contributed by atoms with Gasteiger partial charge in [0, 0.05) is 30.1 Å². The molecule has 2 aliphatic heterocycles. The van der Waals surface area contributed by atoms with Crippen LogP contribution < -0.4 is 20.3 Å². The normalized spacial score (nSPS) is 18.8. The Morgan fingerprint density at radius 3 is 2.44 bits per heavy atom. The van der Waals surface area contributed by atoms with Crippen LogP contribution in [0.5, 0.6) is 11.5 Å². The Kier molecular flexibility index (Phi) is 6.72. The van der Waals surface area contributed by atoms with Crippen molar-refractivity contribution < 1.29 is 22.7 Å². The van der Waals surface area contributed by atoms with Crippen LogP contribution in [-0.4, -0.2) is 55.5 Å². The molecule has 0 bridgehead atoms. The predicted octanol–water partition coefficient (Wildman–Crippen LogP) is 2.38. The van der Waals surface area contributed by atoms with Crippen LogP contribution in [0.2, 0.25) is 0 Å². The second-order valence-corrected chi connectivity index (χ2v) is 11.3. The molecule has 0 radical (unpaired) electrons. The quantitative estimate of drug-likeness (QED) is 0.545. The molecule has 36 heavy (non-hydrogen) atoms. The Balaban J connectivity index is 1.36. The lowest BCUT2D eigenvalue weighted by Crippen LogP contribution is -2.42. The summed E-state index contributed by atoms with van der Waals surface area (Å²) in [6.45, 7) is 3.14. The second kappa shape index (κ2) is 9.94. The van der Waals surface area contributed by atoms with Crippen molar-refractivity contribution in [3.63, 3.8) is 0 Å². The highest BCUT2D eigenvalue weighted by Crippen LogP contribution is 2.31. The predicted molar refractivity (Wildman–Crippen MR) is 135 cm³/mol. The number of rotatable bonds is 6. The van der Waals surface area contributed by atoms with Crippen LogP contribution in [0.3, 0.4) is 0 Å². The van der Waals surface area contributed by atoms with Gasteiger partial charge in [0.25, 0.3) is 5.56 Å². The number of hydrogen-bond acceptors (Lipinski definition) is 6. The van der Waals surface area contributed by atoms with Crippen molar-refractivity contribution in [1.82, 2.24) is 14.2 Å². The number of nitrogens with one attached hydrogen (secondary N) is 1. The van der Waals surface area contributed by atoms with Gasteiger partial charge in [0.1, 0.15) is 24.2 Å². The van der Waals surface area contributed by atoms with Gasteiger partial charge in [0.05, 0.1) is 6.54 Å². The zero-order valence-corrected chi connectivity index (χ0v) is 20.9. The van der Waals surface area contributed by atoms with Crippen LogP contribution in [0.25, 0.3) is 10.8 Å². The first-order chi connectivity index (χ1) is 17.3. The Hall–Kier alpha value is -3.37. The lowest BCUT2D eigenvalue weighted by Gasteiger charge is -2.30. The summed E-state index contributed by atoms with van der Waals surface area (Å²) in [7, 11) is -3.84. The van der Waals surface area contributed by atoms with Gasteiger partial charge in [-0.05, 0) is 37.0 Å². The summed E-state index contributed by atoms with van der Waals surface area (Å²) in [5.41, 5.74) is -0.418. The van der Waals surface area contributed by atoms with Gasteiger partial charge in [-0.1, -0.05) is 37.3 Å². The lowest BCUT2D eigenvalue weighted by atomic mass is 10.0. The molecule has 10 heteroatoms. The Morgan fingerprint density at radius 1 is 1.03 bits per heavy atom. The number of para-hydroxylation sites is 2. The molecule has 1 atom stereocenters. The van der Waals surface area contributed by atoms with Crippen LogP contribution in [-0.2, 0) is 21.4 Å². The minimum Gasteiger partial charge on any atom is -0.486 e. The number of hydrogen-bond donors (Lipinski definition) is 1. The fourth-order valence-electron chi connectivity index (χ4n) is 4.60. The summed E-state index contributed by atoms with van der Waals surface area (Å²) in [6, 6.07) is 13.9. The Morgan fingerprint density at radius 2 is 1.69 bits per heavy atom. The maximum Gasteiger partial charge on any atom is 0.258 e. The summed E-state index contributed by atoms with van der Waals surface area (Å²) in [5.74, 6) is 1.30. The highest BCUT2D eigenvalue weighted by Gasteiger charge is 2.31. The number of ether oxygens (including phenoxy) is 2. The highest BCUT2D eigenvalue weighted by atomic mass is 32.2. The van der Waals surface area contributed by atoms with E-state index in [2.05, 4.69) is 12.2 Å². The second-order valence-electron chi connectivity index (χ2n) is 9.36. The van der Waals surface area contributed by atoms with Crippen molar-refractivity contribution in [2.45, 2.75) is 37.3 Å². The summed E-state index contributed by atoms with van der Waals surface area (Å²) >= 11 is 0. The van der Waals surface area contributed by atoms with E-state index in [0.29, 0.717) is 35.9 Å². The molecule has 1 saturated heterocycles. The van der Waals surface area contributed by atoms with E-state index in [-0.39, 0.29) is 36.1 Å². The molecular formula is C26H29N3O6S. The van der Waals surface area contributed by atoms with Crippen molar-refractivity contribution in [3.8, 4) is 11.5 Å². The summed E-state index contributed by atoms with van der Waals surface area (Å²) < 4.78 is 41.3. The molecule has 190 valence electrons. The summed E-state index contributed by atoms with van der Waals surface area (Å²) in [4.78, 5) is 25.9. The first-order valence-corrected chi connectivity index (χ1v) is 13.5. The van der Waals surface area contributed by atoms with Crippen LogP contribution in [0.1, 0.15) is 19.8 Å². The monoisotopic (exact) mass is 511 g/mol. The van der Waals surface area contributed by atoms with Gasteiger partial charge in [-0.25, -0.2) is 8.42 Å². The third-order valence-corrected chi connectivity index (χ3v) is 8.65. The number of carbonyl (C=O) groups excluding carboxylic acids is 1. The van der Waals surface area contributed by atoms with E-state index in [0.717, 1.165) is 12.8 Å². The lowest BCUT2D eigenvalue weighted by molar-refractivity contribution is -0.122. The molecular weight excluding hydrogens is 482 g/mol. The molecule has 0 aliphatic carbocycles. The molecule has 0 saturated carbocycles. The molecule has 9 nitrogen and oxygen atoms in total. The molecule has 5 rings (SSSR count). The molecule has 3 aromatic rings. The SMILES string of the molecule is CC1CCN(S(=O)(=O)c2cn(CC(=O)NC[C@@H]3COc4ccccc4O3)c(=O)c3ccccc23)CC1. The smallest absolute Gasteiger partial charge is 0.258 e. The van der Waals surface area contributed by atoms with E-state index < -0.39 is 21.5 Å². The number of aromatic nitrogens is 1. The van der Waals surface area contributed by atoms with Gasteiger partial charge < -0.3 is 19.4 Å². The van der Waals surface area contributed by atoms with Crippen molar-refractivity contribution in [2.75, 3.05) is 26.2 Å². The molecule has 1 amide bonds. The van der Waals surface area contributed by atoms with Crippen LogP contribution in [0, 0.1) is 5.92 Å². The van der Waals surface area contributed by atoms with Crippen molar-refractivity contribution in [1.29, 1.82) is 0 Å². The number of carbonyl (C=O) groups is 1. The third kappa shape index (κ3) is 4.83. The number of sulfonamides is 1. The van der Waals surface area contributed by atoms with Gasteiger partial charge in [-0.15, -0.1) is 0 Å². The first kappa shape index (κ1) is 24.3. The number of pyridine rings is 1. The third-order valence-electron chi connectivity index (χ3n) is 6.73. The van der Waals surface area contributed by atoms with Crippen molar-refractivity contribution >= 4 is 26.7 Å². The van der Waals surface area contributed by atoms with Gasteiger partial charge in [0.15, 0.2) is 11.5 Å². The van der Waals surface area contributed by atoms with Crippen molar-refractivity contribution in [2.24, 2.45) is 5.92 Å². The van der Waals surface area contributed by atoms with Gasteiger partial charge in [-0.3, -0.25) is 9.59 Å². The average Bonchev–Trinajstić information content (AvgIpc) is 2.89.